The van der Waals surface area contributed by atoms with E-state index in [4.69, 9.17) is 5.11 Å². The van der Waals surface area contributed by atoms with Gasteiger partial charge >= 0.3 is 6.03 Å². The minimum absolute atomic E-state index is 0.119. The average molecular weight is 261 g/mol. The summed E-state index contributed by atoms with van der Waals surface area (Å²) in [6.07, 6.45) is 4.99. The van der Waals surface area contributed by atoms with Gasteiger partial charge in [-0.1, -0.05) is 0 Å². The smallest absolute Gasteiger partial charge is 0.319 e. The number of aromatic nitrogens is 3. The summed E-state index contributed by atoms with van der Waals surface area (Å²) < 4.78 is 1.56. The zero-order chi connectivity index (χ0) is 13.7. The van der Waals surface area contributed by atoms with Crippen molar-refractivity contribution in [1.82, 2.24) is 20.1 Å². The highest BCUT2D eigenvalue weighted by Gasteiger charge is 2.10. The monoisotopic (exact) mass is 261 g/mol. The number of pyridine rings is 1. The first kappa shape index (κ1) is 13.0. The van der Waals surface area contributed by atoms with Crippen LogP contribution in [-0.4, -0.2) is 38.6 Å². The van der Waals surface area contributed by atoms with Crippen molar-refractivity contribution in [3.63, 3.8) is 0 Å². The number of urea groups is 1. The van der Waals surface area contributed by atoms with Gasteiger partial charge in [-0.05, 0) is 25.1 Å². The number of nitrogens with zero attached hydrogens (tertiary/aromatic N) is 3. The molecule has 2 rings (SSSR count). The Kier molecular flexibility index (Phi) is 4.09. The first-order chi connectivity index (χ1) is 9.20. The van der Waals surface area contributed by atoms with Gasteiger partial charge in [0.15, 0.2) is 5.82 Å². The molecule has 19 heavy (non-hydrogen) atoms. The normalized spacial score (nSPS) is 11.9. The van der Waals surface area contributed by atoms with Crippen LogP contribution in [0.5, 0.6) is 0 Å². The molecule has 2 aromatic rings. The van der Waals surface area contributed by atoms with E-state index < -0.39 is 6.03 Å². The van der Waals surface area contributed by atoms with Gasteiger partial charge in [0.2, 0.25) is 0 Å². The number of carbonyl (C=O) groups excluding carboxylic acids is 1. The van der Waals surface area contributed by atoms with Crippen LogP contribution in [0.1, 0.15) is 6.92 Å². The Morgan fingerprint density at radius 2 is 2.32 bits per heavy atom. The van der Waals surface area contributed by atoms with Gasteiger partial charge in [0.25, 0.3) is 0 Å². The fraction of sp³-hybridized carbons (Fsp3) is 0.250. The van der Waals surface area contributed by atoms with Crippen molar-refractivity contribution >= 4 is 11.7 Å². The molecule has 0 bridgehead atoms. The Balaban J connectivity index is 2.15. The second kappa shape index (κ2) is 5.96. The molecule has 0 saturated heterocycles. The molecule has 0 saturated carbocycles. The standard InChI is InChI=1S/C12H15N5O2/c1-9(8-18)15-12(19)16-10-4-2-5-13-11(10)17-7-3-6-14-17/h2-7,9,18H,8H2,1H3,(H2,15,16,19)/t9-/m1/s1. The minimum Gasteiger partial charge on any atom is -0.394 e. The van der Waals surface area contributed by atoms with E-state index in [-0.39, 0.29) is 12.6 Å². The maximum Gasteiger partial charge on any atom is 0.319 e. The predicted octanol–water partition coefficient (Wildman–Crippen LogP) is 0.770. The molecule has 0 spiro atoms. The van der Waals surface area contributed by atoms with Crippen molar-refractivity contribution in [3.05, 3.63) is 36.8 Å². The fourth-order valence-electron chi connectivity index (χ4n) is 1.50. The van der Waals surface area contributed by atoms with Crippen LogP contribution in [0.3, 0.4) is 0 Å². The summed E-state index contributed by atoms with van der Waals surface area (Å²) in [5.74, 6) is 0.527. The quantitative estimate of drug-likeness (QED) is 0.758. The third-order valence-electron chi connectivity index (χ3n) is 2.41. The molecular formula is C12H15N5O2. The zero-order valence-corrected chi connectivity index (χ0v) is 10.4. The highest BCUT2D eigenvalue weighted by Crippen LogP contribution is 2.15. The summed E-state index contributed by atoms with van der Waals surface area (Å²) in [6.45, 7) is 1.59. The second-order valence-corrected chi connectivity index (χ2v) is 4.01. The SMILES string of the molecule is C[C@H](CO)NC(=O)Nc1cccnc1-n1cccn1. The Bertz CT molecular complexity index is 541. The molecule has 0 unspecified atom stereocenters. The minimum atomic E-state index is -0.400. The van der Waals surface area contributed by atoms with Crippen LogP contribution in [0.2, 0.25) is 0 Å². The summed E-state index contributed by atoms with van der Waals surface area (Å²) in [6, 6.07) is 4.50. The molecule has 100 valence electrons. The van der Waals surface area contributed by atoms with Crippen LogP contribution >= 0.6 is 0 Å². The number of aliphatic hydroxyl groups is 1. The van der Waals surface area contributed by atoms with Crippen LogP contribution in [0.15, 0.2) is 36.8 Å². The lowest BCUT2D eigenvalue weighted by molar-refractivity contribution is 0.229. The average Bonchev–Trinajstić information content (AvgIpc) is 2.93. The Morgan fingerprint density at radius 3 is 3.00 bits per heavy atom. The van der Waals surface area contributed by atoms with Crippen molar-refractivity contribution in [1.29, 1.82) is 0 Å². The number of amides is 2. The molecule has 0 aliphatic rings. The Hall–Kier alpha value is -2.41. The first-order valence-corrected chi connectivity index (χ1v) is 5.84. The molecule has 3 N–H and O–H groups in total. The van der Waals surface area contributed by atoms with Crippen LogP contribution in [0, 0.1) is 0 Å². The summed E-state index contributed by atoms with van der Waals surface area (Å²) in [7, 11) is 0. The first-order valence-electron chi connectivity index (χ1n) is 5.84. The summed E-state index contributed by atoms with van der Waals surface area (Å²) >= 11 is 0. The number of anilines is 1. The third-order valence-corrected chi connectivity index (χ3v) is 2.41. The fourth-order valence-corrected chi connectivity index (χ4v) is 1.50. The predicted molar refractivity (Wildman–Crippen MR) is 70.1 cm³/mol. The molecule has 1 atom stereocenters. The van der Waals surface area contributed by atoms with E-state index in [0.717, 1.165) is 0 Å². The highest BCUT2D eigenvalue weighted by molar-refractivity contribution is 5.91. The number of hydrogen-bond donors (Lipinski definition) is 3. The van der Waals surface area contributed by atoms with E-state index in [9.17, 15) is 4.79 Å². The Labute approximate surface area is 110 Å². The number of carbonyl (C=O) groups is 1. The molecule has 0 radical (unpaired) electrons. The molecule has 7 nitrogen and oxygen atoms in total. The van der Waals surface area contributed by atoms with Crippen molar-refractivity contribution in [3.8, 4) is 5.82 Å². The Morgan fingerprint density at radius 1 is 1.47 bits per heavy atom. The molecule has 2 amide bonds. The van der Waals surface area contributed by atoms with E-state index in [1.54, 1.807) is 48.4 Å². The summed E-state index contributed by atoms with van der Waals surface area (Å²) in [5.41, 5.74) is 0.536. The topological polar surface area (TPSA) is 92.1 Å². The van der Waals surface area contributed by atoms with Gasteiger partial charge in [0.05, 0.1) is 18.3 Å². The third kappa shape index (κ3) is 3.29. The number of hydrogen-bond acceptors (Lipinski definition) is 4. The molecule has 0 aliphatic carbocycles. The van der Waals surface area contributed by atoms with Crippen LogP contribution in [-0.2, 0) is 0 Å². The second-order valence-electron chi connectivity index (χ2n) is 4.01. The lowest BCUT2D eigenvalue weighted by Crippen LogP contribution is -2.38. The summed E-state index contributed by atoms with van der Waals surface area (Å²) in [5, 5.41) is 18.2. The maximum absolute atomic E-state index is 11.7. The molecular weight excluding hydrogens is 246 g/mol. The molecule has 0 fully saturated rings. The van der Waals surface area contributed by atoms with E-state index in [0.29, 0.717) is 11.5 Å². The van der Waals surface area contributed by atoms with E-state index in [2.05, 4.69) is 20.7 Å². The number of rotatable bonds is 4. The van der Waals surface area contributed by atoms with Crippen molar-refractivity contribution in [2.75, 3.05) is 11.9 Å². The van der Waals surface area contributed by atoms with Gasteiger partial charge in [-0.15, -0.1) is 0 Å². The van der Waals surface area contributed by atoms with Crippen molar-refractivity contribution in [2.24, 2.45) is 0 Å². The van der Waals surface area contributed by atoms with E-state index >= 15 is 0 Å². The van der Waals surface area contributed by atoms with E-state index in [1.165, 1.54) is 0 Å². The highest BCUT2D eigenvalue weighted by atomic mass is 16.3. The lowest BCUT2D eigenvalue weighted by Gasteiger charge is -2.13. The molecule has 0 aromatic carbocycles. The van der Waals surface area contributed by atoms with Crippen molar-refractivity contribution < 1.29 is 9.90 Å². The molecule has 0 aliphatic heterocycles. The lowest BCUT2D eigenvalue weighted by atomic mass is 10.3. The zero-order valence-electron chi connectivity index (χ0n) is 10.4. The molecule has 2 heterocycles. The molecule has 7 heteroatoms. The number of nitrogens with one attached hydrogen (secondary N) is 2. The summed E-state index contributed by atoms with van der Waals surface area (Å²) in [4.78, 5) is 15.9. The van der Waals surface area contributed by atoms with Gasteiger partial charge in [-0.3, -0.25) is 0 Å². The van der Waals surface area contributed by atoms with Crippen LogP contribution in [0.4, 0.5) is 10.5 Å². The van der Waals surface area contributed by atoms with Gasteiger partial charge in [-0.25, -0.2) is 14.5 Å². The van der Waals surface area contributed by atoms with Gasteiger partial charge < -0.3 is 15.7 Å². The van der Waals surface area contributed by atoms with Crippen molar-refractivity contribution in [2.45, 2.75) is 13.0 Å². The van der Waals surface area contributed by atoms with Crippen LogP contribution in [0.25, 0.3) is 5.82 Å². The van der Waals surface area contributed by atoms with Crippen LogP contribution < -0.4 is 10.6 Å². The van der Waals surface area contributed by atoms with Gasteiger partial charge in [-0.2, -0.15) is 5.10 Å². The number of aliphatic hydroxyl groups excluding tert-OH is 1. The maximum atomic E-state index is 11.7. The van der Waals surface area contributed by atoms with Gasteiger partial charge in [0.1, 0.15) is 0 Å². The largest absolute Gasteiger partial charge is 0.394 e. The van der Waals surface area contributed by atoms with Gasteiger partial charge in [0, 0.05) is 18.6 Å². The van der Waals surface area contributed by atoms with E-state index in [1.807, 2.05) is 0 Å². The molecule has 2 aromatic heterocycles.